The molecule has 12 nitrogen and oxygen atoms in total. The van der Waals surface area contributed by atoms with Crippen LogP contribution < -0.4 is 16.0 Å². The molecule has 286 valence electrons. The zero-order valence-corrected chi connectivity index (χ0v) is 31.8. The van der Waals surface area contributed by atoms with Crippen molar-refractivity contribution < 1.29 is 23.9 Å². The number of nitrogens with one attached hydrogen (secondary N) is 3. The van der Waals surface area contributed by atoms with Crippen LogP contribution in [0, 0.1) is 5.92 Å². The number of esters is 1. The number of nitrogens with zero attached hydrogens (tertiary/aromatic N) is 4. The minimum Gasteiger partial charge on any atom is -0.464 e. The van der Waals surface area contributed by atoms with Crippen LogP contribution in [0.3, 0.4) is 0 Å². The topological polar surface area (TPSA) is 165 Å². The van der Waals surface area contributed by atoms with Gasteiger partial charge in [-0.2, -0.15) is 0 Å². The average Bonchev–Trinajstić information content (AvgIpc) is 3.25. The Balaban J connectivity index is 0.000000194. The number of carbonyl (C=O) groups is 4. The molecule has 2 heterocycles. The highest BCUT2D eigenvalue weighted by molar-refractivity contribution is 6.15. The first-order valence-electron chi connectivity index (χ1n) is 18.9. The molecule has 0 saturated heterocycles. The van der Waals surface area contributed by atoms with Gasteiger partial charge >= 0.3 is 5.97 Å². The summed E-state index contributed by atoms with van der Waals surface area (Å²) >= 11 is 0. The molecule has 3 amide bonds. The number of methoxy groups -OCH3 is 1. The number of aryl methyl sites for hydroxylation is 2. The number of rotatable bonds is 10. The Morgan fingerprint density at radius 3 is 1.55 bits per heavy atom. The van der Waals surface area contributed by atoms with Crippen molar-refractivity contribution in [1.82, 2.24) is 25.3 Å². The third-order valence-corrected chi connectivity index (χ3v) is 10.0. The molecule has 6 aromatic rings. The molecule has 0 atom stereocenters. The average molecular weight is 752 g/mol. The van der Waals surface area contributed by atoms with Gasteiger partial charge in [0.15, 0.2) is 23.0 Å². The van der Waals surface area contributed by atoms with Gasteiger partial charge in [-0.3, -0.25) is 14.4 Å². The highest BCUT2D eigenvalue weighted by Gasteiger charge is 2.22. The van der Waals surface area contributed by atoms with Crippen molar-refractivity contribution in [2.45, 2.75) is 58.8 Å². The molecule has 12 heteroatoms. The van der Waals surface area contributed by atoms with E-state index in [-0.39, 0.29) is 40.7 Å². The number of benzene rings is 4. The van der Waals surface area contributed by atoms with Crippen molar-refractivity contribution in [3.8, 4) is 0 Å². The van der Waals surface area contributed by atoms with E-state index in [4.69, 9.17) is 0 Å². The zero-order valence-electron chi connectivity index (χ0n) is 31.8. The van der Waals surface area contributed by atoms with Crippen LogP contribution in [-0.2, 0) is 17.6 Å². The molecule has 0 aliphatic heterocycles. The number of ether oxygens (including phenoxy) is 1. The van der Waals surface area contributed by atoms with Gasteiger partial charge in [-0.05, 0) is 76.4 Å². The summed E-state index contributed by atoms with van der Waals surface area (Å²) in [4.78, 5) is 66.8. The molecule has 56 heavy (non-hydrogen) atoms. The summed E-state index contributed by atoms with van der Waals surface area (Å²) in [6.07, 6.45) is 13.5. The van der Waals surface area contributed by atoms with Crippen LogP contribution in [0.2, 0.25) is 0 Å². The molecule has 1 aliphatic rings. The third kappa shape index (κ3) is 9.03. The van der Waals surface area contributed by atoms with E-state index in [1.807, 2.05) is 66.7 Å². The SMILES string of the molecule is CCc1ccc(C(=O)Nc2nccnc2C(=O)NCC2CCCCC2)c2ccccc12.CCc1ccc(C(=O)Nc2nccnc2C(=O)OC)c2ccccc12. The standard InChI is InChI=1S/C25H28N4O2.C19H17N3O3/c1-2-18-12-13-21(20-11-7-6-10-19(18)20)24(30)29-23-22(26-14-15-27-23)25(31)28-16-17-8-4-3-5-9-17;1-3-12-8-9-15(14-7-5-4-6-13(12)14)18(23)22-17-16(19(24)25-2)20-10-11-21-17/h6-7,10-15,17H,2-5,8-9,16H2,1H3,(H,28,31)(H,27,29,30);4-11H,3H2,1-2H3,(H,21,22,23). The quantitative estimate of drug-likeness (QED) is 0.118. The Morgan fingerprint density at radius 1 is 0.589 bits per heavy atom. The summed E-state index contributed by atoms with van der Waals surface area (Å²) < 4.78 is 4.67. The maximum atomic E-state index is 13.1. The molecule has 1 aliphatic carbocycles. The fourth-order valence-electron chi connectivity index (χ4n) is 7.07. The van der Waals surface area contributed by atoms with Gasteiger partial charge in [0.25, 0.3) is 17.7 Å². The van der Waals surface area contributed by atoms with Crippen molar-refractivity contribution in [2.75, 3.05) is 24.3 Å². The van der Waals surface area contributed by atoms with E-state index in [0.29, 0.717) is 23.6 Å². The molecular weight excluding hydrogens is 707 g/mol. The van der Waals surface area contributed by atoms with Crippen LogP contribution in [0.4, 0.5) is 11.6 Å². The number of hydrogen-bond donors (Lipinski definition) is 3. The Morgan fingerprint density at radius 2 is 1.05 bits per heavy atom. The van der Waals surface area contributed by atoms with E-state index in [2.05, 4.69) is 54.5 Å². The van der Waals surface area contributed by atoms with Crippen LogP contribution in [0.5, 0.6) is 0 Å². The number of fused-ring (bicyclic) bond motifs is 2. The number of aromatic nitrogens is 4. The summed E-state index contributed by atoms with van der Waals surface area (Å²) in [6.45, 7) is 4.80. The van der Waals surface area contributed by atoms with Gasteiger partial charge < -0.3 is 20.7 Å². The predicted molar refractivity (Wildman–Crippen MR) is 217 cm³/mol. The van der Waals surface area contributed by atoms with Crippen molar-refractivity contribution in [1.29, 1.82) is 0 Å². The first-order chi connectivity index (χ1) is 27.3. The Labute approximate surface area is 325 Å². The van der Waals surface area contributed by atoms with E-state index >= 15 is 0 Å². The van der Waals surface area contributed by atoms with Crippen LogP contribution >= 0.6 is 0 Å². The number of carbonyl (C=O) groups excluding carboxylic acids is 4. The predicted octanol–water partition coefficient (Wildman–Crippen LogP) is 7.99. The molecule has 2 aromatic heterocycles. The maximum Gasteiger partial charge on any atom is 0.360 e. The monoisotopic (exact) mass is 751 g/mol. The molecular formula is C44H45N7O5. The molecule has 1 saturated carbocycles. The lowest BCUT2D eigenvalue weighted by atomic mass is 9.89. The first kappa shape index (κ1) is 39.1. The highest BCUT2D eigenvalue weighted by Crippen LogP contribution is 2.27. The van der Waals surface area contributed by atoms with Gasteiger partial charge in [0.05, 0.1) is 7.11 Å². The molecule has 0 unspecified atom stereocenters. The number of anilines is 2. The van der Waals surface area contributed by atoms with E-state index in [0.717, 1.165) is 47.2 Å². The van der Waals surface area contributed by atoms with E-state index in [9.17, 15) is 19.2 Å². The lowest BCUT2D eigenvalue weighted by molar-refractivity contribution is 0.0594. The highest BCUT2D eigenvalue weighted by atomic mass is 16.5. The Bertz CT molecular complexity index is 2370. The molecule has 0 radical (unpaired) electrons. The Kier molecular flexibility index (Phi) is 13.0. The summed E-state index contributed by atoms with van der Waals surface area (Å²) in [5, 5.41) is 12.3. The molecule has 0 bridgehead atoms. The zero-order chi connectivity index (χ0) is 39.4. The van der Waals surface area contributed by atoms with Crippen molar-refractivity contribution in [3.63, 3.8) is 0 Å². The fourth-order valence-corrected chi connectivity index (χ4v) is 7.07. The van der Waals surface area contributed by atoms with Crippen molar-refractivity contribution in [3.05, 3.63) is 131 Å². The minimum atomic E-state index is -0.658. The minimum absolute atomic E-state index is 0.0344. The largest absolute Gasteiger partial charge is 0.464 e. The lowest BCUT2D eigenvalue weighted by Gasteiger charge is -2.21. The lowest BCUT2D eigenvalue weighted by Crippen LogP contribution is -2.32. The second kappa shape index (κ2) is 18.7. The number of hydrogen-bond acceptors (Lipinski definition) is 9. The normalized spacial score (nSPS) is 12.6. The third-order valence-electron chi connectivity index (χ3n) is 10.0. The van der Waals surface area contributed by atoms with Crippen LogP contribution in [0.15, 0.2) is 97.6 Å². The first-order valence-corrected chi connectivity index (χ1v) is 18.9. The molecule has 1 fully saturated rings. The van der Waals surface area contributed by atoms with E-state index in [1.165, 1.54) is 62.3 Å². The van der Waals surface area contributed by atoms with Crippen LogP contribution in [0.1, 0.15) is 98.8 Å². The van der Waals surface area contributed by atoms with Crippen molar-refractivity contribution >= 4 is 56.9 Å². The van der Waals surface area contributed by atoms with Crippen molar-refractivity contribution in [2.24, 2.45) is 5.92 Å². The van der Waals surface area contributed by atoms with E-state index in [1.54, 1.807) is 6.07 Å². The van der Waals surface area contributed by atoms with Crippen LogP contribution in [0.25, 0.3) is 21.5 Å². The summed E-state index contributed by atoms with van der Waals surface area (Å²) in [5.74, 6) is -0.865. The second-order valence-electron chi connectivity index (χ2n) is 13.5. The second-order valence-corrected chi connectivity index (χ2v) is 13.5. The Hall–Kier alpha value is -6.56. The van der Waals surface area contributed by atoms with Gasteiger partial charge in [0, 0.05) is 42.5 Å². The van der Waals surface area contributed by atoms with Crippen LogP contribution in [-0.4, -0.2) is 57.3 Å². The van der Waals surface area contributed by atoms with Gasteiger partial charge in [-0.15, -0.1) is 0 Å². The van der Waals surface area contributed by atoms with Gasteiger partial charge in [0.1, 0.15) is 0 Å². The summed E-state index contributed by atoms with van der Waals surface area (Å²) in [7, 11) is 1.25. The van der Waals surface area contributed by atoms with Gasteiger partial charge in [0.2, 0.25) is 0 Å². The summed E-state index contributed by atoms with van der Waals surface area (Å²) in [5.41, 5.74) is 3.52. The molecule has 7 rings (SSSR count). The van der Waals surface area contributed by atoms with Gasteiger partial charge in [-0.1, -0.05) is 93.8 Å². The molecule has 0 spiro atoms. The fraction of sp³-hybridized carbons (Fsp3) is 0.273. The smallest absolute Gasteiger partial charge is 0.360 e. The molecule has 3 N–H and O–H groups in total. The van der Waals surface area contributed by atoms with Gasteiger partial charge in [-0.25, -0.2) is 24.7 Å². The maximum absolute atomic E-state index is 13.1. The summed E-state index contributed by atoms with van der Waals surface area (Å²) in [6, 6.07) is 23.1. The van der Waals surface area contributed by atoms with E-state index < -0.39 is 5.97 Å². The molecule has 4 aromatic carbocycles. The number of amides is 3.